The zero-order chi connectivity index (χ0) is 14.8. The predicted octanol–water partition coefficient (Wildman–Crippen LogP) is 3.87. The molecule has 0 radical (unpaired) electrons. The van der Waals surface area contributed by atoms with E-state index in [-0.39, 0.29) is 5.97 Å². The number of carbonyl (C=O) groups excluding carboxylic acids is 1. The Morgan fingerprint density at radius 3 is 2.32 bits per heavy atom. The van der Waals surface area contributed by atoms with Gasteiger partial charge < -0.3 is 9.08 Å². The Morgan fingerprint density at radius 1 is 1.37 bits per heavy atom. The SMILES string of the molecule is CCC(=O)OS.Cc1ccccc1N(C)CC(C)C. The fourth-order valence-electron chi connectivity index (χ4n) is 1.70. The molecule has 3 nitrogen and oxygen atoms in total. The van der Waals surface area contributed by atoms with Gasteiger partial charge in [0.2, 0.25) is 0 Å². The summed E-state index contributed by atoms with van der Waals surface area (Å²) in [5.74, 6) is 0.419. The van der Waals surface area contributed by atoms with Gasteiger partial charge >= 0.3 is 5.97 Å². The van der Waals surface area contributed by atoms with Gasteiger partial charge in [0.15, 0.2) is 0 Å². The summed E-state index contributed by atoms with van der Waals surface area (Å²) >= 11 is 3.25. The summed E-state index contributed by atoms with van der Waals surface area (Å²) in [5, 5.41) is 0. The van der Waals surface area contributed by atoms with Crippen molar-refractivity contribution in [2.75, 3.05) is 18.5 Å². The van der Waals surface area contributed by atoms with Gasteiger partial charge in [-0.2, -0.15) is 0 Å². The molecule has 4 heteroatoms. The fourth-order valence-corrected chi connectivity index (χ4v) is 1.83. The summed E-state index contributed by atoms with van der Waals surface area (Å²) in [6, 6.07) is 8.52. The van der Waals surface area contributed by atoms with Crippen LogP contribution in [0.3, 0.4) is 0 Å². The van der Waals surface area contributed by atoms with E-state index in [4.69, 9.17) is 0 Å². The van der Waals surface area contributed by atoms with Crippen LogP contribution in [0.25, 0.3) is 0 Å². The van der Waals surface area contributed by atoms with E-state index in [0.717, 1.165) is 6.54 Å². The Morgan fingerprint density at radius 2 is 1.95 bits per heavy atom. The molecule has 0 unspecified atom stereocenters. The van der Waals surface area contributed by atoms with Gasteiger partial charge in [-0.1, -0.05) is 39.0 Å². The predicted molar refractivity (Wildman–Crippen MR) is 84.7 cm³/mol. The number of hydrogen-bond acceptors (Lipinski definition) is 4. The molecule has 1 aromatic carbocycles. The Kier molecular flexibility index (Phi) is 9.13. The van der Waals surface area contributed by atoms with Crippen molar-refractivity contribution in [3.63, 3.8) is 0 Å². The minimum Gasteiger partial charge on any atom is -0.395 e. The summed E-state index contributed by atoms with van der Waals surface area (Å²) in [6.07, 6.45) is 0.392. The molecule has 0 aliphatic rings. The largest absolute Gasteiger partial charge is 0.395 e. The van der Waals surface area contributed by atoms with Crippen molar-refractivity contribution >= 4 is 24.6 Å². The van der Waals surface area contributed by atoms with E-state index in [9.17, 15) is 4.79 Å². The first-order chi connectivity index (χ1) is 8.92. The molecule has 0 aliphatic heterocycles. The summed E-state index contributed by atoms with van der Waals surface area (Å²) in [5.41, 5.74) is 2.70. The molecule has 0 aliphatic carbocycles. The molecule has 0 aromatic heterocycles. The summed E-state index contributed by atoms with van der Waals surface area (Å²) in [7, 11) is 2.16. The van der Waals surface area contributed by atoms with Crippen molar-refractivity contribution in [1.29, 1.82) is 0 Å². The number of para-hydroxylation sites is 1. The average molecular weight is 283 g/mol. The lowest BCUT2D eigenvalue weighted by atomic mass is 10.1. The molecule has 0 heterocycles. The molecule has 0 spiro atoms. The topological polar surface area (TPSA) is 29.5 Å². The van der Waals surface area contributed by atoms with Crippen LogP contribution in [-0.4, -0.2) is 19.6 Å². The minimum absolute atomic E-state index is 0.293. The first-order valence-electron chi connectivity index (χ1n) is 6.53. The van der Waals surface area contributed by atoms with Crippen LogP contribution in [0.1, 0.15) is 32.8 Å². The zero-order valence-corrected chi connectivity index (χ0v) is 13.4. The second-order valence-corrected chi connectivity index (χ2v) is 5.06. The van der Waals surface area contributed by atoms with Crippen molar-refractivity contribution in [3.8, 4) is 0 Å². The van der Waals surface area contributed by atoms with Crippen molar-refractivity contribution < 1.29 is 8.98 Å². The molecule has 108 valence electrons. The maximum absolute atomic E-state index is 9.88. The molecular formula is C15H25NO2S. The Bertz CT molecular complexity index is 374. The second-order valence-electron chi connectivity index (χ2n) is 4.88. The molecule has 19 heavy (non-hydrogen) atoms. The second kappa shape index (κ2) is 9.73. The van der Waals surface area contributed by atoms with Gasteiger partial charge in [0, 0.05) is 38.6 Å². The number of benzene rings is 1. The highest BCUT2D eigenvalue weighted by Crippen LogP contribution is 2.18. The van der Waals surface area contributed by atoms with Gasteiger partial charge in [0.05, 0.1) is 0 Å². The highest BCUT2D eigenvalue weighted by molar-refractivity contribution is 7.75. The van der Waals surface area contributed by atoms with Crippen LogP contribution in [0.5, 0.6) is 0 Å². The number of anilines is 1. The van der Waals surface area contributed by atoms with Crippen molar-refractivity contribution in [2.24, 2.45) is 5.92 Å². The zero-order valence-electron chi connectivity index (χ0n) is 12.5. The van der Waals surface area contributed by atoms with E-state index in [1.54, 1.807) is 6.92 Å². The maximum atomic E-state index is 9.88. The van der Waals surface area contributed by atoms with Gasteiger partial charge in [-0.05, 0) is 24.5 Å². The first kappa shape index (κ1) is 17.8. The lowest BCUT2D eigenvalue weighted by molar-refractivity contribution is -0.132. The van der Waals surface area contributed by atoms with Crippen LogP contribution in [0.15, 0.2) is 24.3 Å². The highest BCUT2D eigenvalue weighted by atomic mass is 32.1. The van der Waals surface area contributed by atoms with Gasteiger partial charge in [0.1, 0.15) is 0 Å². The van der Waals surface area contributed by atoms with Gasteiger partial charge in [-0.25, -0.2) is 0 Å². The minimum atomic E-state index is -0.293. The molecule has 1 rings (SSSR count). The molecule has 0 amide bonds. The number of rotatable bonds is 4. The molecular weight excluding hydrogens is 258 g/mol. The monoisotopic (exact) mass is 283 g/mol. The van der Waals surface area contributed by atoms with Crippen molar-refractivity contribution in [3.05, 3.63) is 29.8 Å². The standard InChI is InChI=1S/C12H19N.C3H6O2S/c1-10(2)9-13(4)12-8-6-5-7-11(12)3;1-2-3(4)5-6/h5-8,10H,9H2,1-4H3;6H,2H2,1H3. The van der Waals surface area contributed by atoms with Gasteiger partial charge in [-0.15, -0.1) is 0 Å². The highest BCUT2D eigenvalue weighted by Gasteiger charge is 2.04. The molecule has 0 bridgehead atoms. The number of nitrogens with zero attached hydrogens (tertiary/aromatic N) is 1. The first-order valence-corrected chi connectivity index (χ1v) is 6.89. The Labute approximate surface area is 122 Å². The average Bonchev–Trinajstić information content (AvgIpc) is 2.38. The Hall–Kier alpha value is -1.16. The normalized spacial score (nSPS) is 9.63. The summed E-state index contributed by atoms with van der Waals surface area (Å²) < 4.78 is 3.95. The third-order valence-corrected chi connectivity index (χ3v) is 2.76. The molecule has 0 saturated carbocycles. The van der Waals surface area contributed by atoms with Crippen LogP contribution in [0.2, 0.25) is 0 Å². The van der Waals surface area contributed by atoms with Crippen LogP contribution in [0.4, 0.5) is 5.69 Å². The molecule has 0 atom stereocenters. The van der Waals surface area contributed by atoms with Crippen molar-refractivity contribution in [1.82, 2.24) is 0 Å². The summed E-state index contributed by atoms with van der Waals surface area (Å²) in [6.45, 7) is 9.47. The van der Waals surface area contributed by atoms with E-state index in [2.05, 4.69) is 74.1 Å². The summed E-state index contributed by atoms with van der Waals surface area (Å²) in [4.78, 5) is 12.2. The number of hydrogen-bond donors (Lipinski definition) is 1. The number of aryl methyl sites for hydroxylation is 1. The van der Waals surface area contributed by atoms with Gasteiger partial charge in [-0.3, -0.25) is 4.79 Å². The van der Waals surface area contributed by atoms with Crippen molar-refractivity contribution in [2.45, 2.75) is 34.1 Å². The molecule has 0 saturated heterocycles. The van der Waals surface area contributed by atoms with Crippen LogP contribution in [0, 0.1) is 12.8 Å². The van der Waals surface area contributed by atoms with E-state index >= 15 is 0 Å². The fraction of sp³-hybridized carbons (Fsp3) is 0.533. The lowest BCUT2D eigenvalue weighted by Gasteiger charge is -2.23. The van der Waals surface area contributed by atoms with Crippen LogP contribution >= 0.6 is 12.9 Å². The third kappa shape index (κ3) is 7.78. The third-order valence-electron chi connectivity index (χ3n) is 2.56. The maximum Gasteiger partial charge on any atom is 0.317 e. The van der Waals surface area contributed by atoms with E-state index in [1.165, 1.54) is 11.3 Å². The smallest absolute Gasteiger partial charge is 0.317 e. The lowest BCUT2D eigenvalue weighted by Crippen LogP contribution is -2.23. The molecule has 0 N–H and O–H groups in total. The molecule has 1 aromatic rings. The number of carbonyl (C=O) groups is 1. The van der Waals surface area contributed by atoms with E-state index in [1.807, 2.05) is 0 Å². The van der Waals surface area contributed by atoms with E-state index in [0.29, 0.717) is 12.3 Å². The Balaban J connectivity index is 0.000000459. The van der Waals surface area contributed by atoms with E-state index < -0.39 is 0 Å². The van der Waals surface area contributed by atoms with Gasteiger partial charge in [0.25, 0.3) is 0 Å². The number of thiol groups is 1. The van der Waals surface area contributed by atoms with Crippen LogP contribution in [-0.2, 0) is 8.98 Å². The molecule has 0 fully saturated rings. The van der Waals surface area contributed by atoms with Crippen LogP contribution < -0.4 is 4.90 Å². The quantitative estimate of drug-likeness (QED) is 0.672.